The predicted molar refractivity (Wildman–Crippen MR) is 101 cm³/mol. The fourth-order valence-electron chi connectivity index (χ4n) is 2.41. The fraction of sp³-hybridized carbons (Fsp3) is 0.526. The van der Waals surface area contributed by atoms with Crippen molar-refractivity contribution in [1.82, 2.24) is 10.2 Å². The minimum Gasteiger partial charge on any atom is -0.504 e. The van der Waals surface area contributed by atoms with E-state index in [0.29, 0.717) is 12.3 Å². The van der Waals surface area contributed by atoms with Crippen molar-refractivity contribution in [3.63, 3.8) is 0 Å². The van der Waals surface area contributed by atoms with Crippen LogP contribution in [-0.4, -0.2) is 43.2 Å². The van der Waals surface area contributed by atoms with Gasteiger partial charge in [0, 0.05) is 25.7 Å². The summed E-state index contributed by atoms with van der Waals surface area (Å²) in [5, 5.41) is 13.5. The maximum atomic E-state index is 10.2. The van der Waals surface area contributed by atoms with E-state index in [1.54, 1.807) is 13.2 Å². The van der Waals surface area contributed by atoms with Crippen LogP contribution in [0, 0.1) is 0 Å². The molecule has 0 aromatic heterocycles. The van der Waals surface area contributed by atoms with Crippen LogP contribution in [0.2, 0.25) is 0 Å². The van der Waals surface area contributed by atoms with Crippen molar-refractivity contribution in [1.29, 1.82) is 0 Å². The molecule has 0 radical (unpaired) electrons. The number of hydrogen-bond acceptors (Lipinski definition) is 3. The molecule has 2 N–H and O–H groups in total. The van der Waals surface area contributed by atoms with Crippen LogP contribution in [0.25, 0.3) is 0 Å². The molecule has 0 saturated carbocycles. The summed E-state index contributed by atoms with van der Waals surface area (Å²) in [4.78, 5) is 6.77. The molecular weight excluding hydrogens is 302 g/mol. The van der Waals surface area contributed by atoms with E-state index in [4.69, 9.17) is 4.74 Å². The Labute approximate surface area is 146 Å². The second-order valence-corrected chi connectivity index (χ2v) is 5.70. The summed E-state index contributed by atoms with van der Waals surface area (Å²) in [6.45, 7) is 7.97. The van der Waals surface area contributed by atoms with Gasteiger partial charge in [0.15, 0.2) is 17.5 Å². The second kappa shape index (κ2) is 11.4. The normalized spacial score (nSPS) is 11.2. The number of methoxy groups -OCH3 is 1. The number of allylic oxidation sites excluding steroid dienone is 1. The van der Waals surface area contributed by atoms with Crippen molar-refractivity contribution in [3.05, 3.63) is 36.4 Å². The number of ether oxygens (including phenoxy) is 1. The number of nitrogens with one attached hydrogen (secondary N) is 1. The molecule has 1 aromatic carbocycles. The van der Waals surface area contributed by atoms with Gasteiger partial charge in [0.1, 0.15) is 0 Å². The molecule has 5 nitrogen and oxygen atoms in total. The Morgan fingerprint density at radius 1 is 1.38 bits per heavy atom. The molecule has 0 fully saturated rings. The van der Waals surface area contributed by atoms with E-state index in [2.05, 4.69) is 28.7 Å². The van der Waals surface area contributed by atoms with Crippen LogP contribution >= 0.6 is 0 Å². The summed E-state index contributed by atoms with van der Waals surface area (Å²) in [6, 6.07) is 5.46. The molecule has 0 spiro atoms. The Bertz CT molecular complexity index is 529. The zero-order chi connectivity index (χ0) is 17.8. The molecule has 0 aliphatic rings. The first-order chi connectivity index (χ1) is 11.6. The van der Waals surface area contributed by atoms with Crippen molar-refractivity contribution < 1.29 is 9.84 Å². The van der Waals surface area contributed by atoms with E-state index in [9.17, 15) is 5.11 Å². The fourth-order valence-corrected chi connectivity index (χ4v) is 2.41. The number of rotatable bonds is 10. The van der Waals surface area contributed by atoms with E-state index in [1.165, 1.54) is 12.8 Å². The third-order valence-electron chi connectivity index (χ3n) is 3.80. The Morgan fingerprint density at radius 2 is 2.17 bits per heavy atom. The van der Waals surface area contributed by atoms with E-state index >= 15 is 0 Å². The Morgan fingerprint density at radius 3 is 2.83 bits per heavy atom. The second-order valence-electron chi connectivity index (χ2n) is 5.70. The number of aromatic hydroxyl groups is 1. The van der Waals surface area contributed by atoms with E-state index in [0.717, 1.165) is 37.5 Å². The van der Waals surface area contributed by atoms with Gasteiger partial charge in [0.2, 0.25) is 0 Å². The quantitative estimate of drug-likeness (QED) is 0.298. The van der Waals surface area contributed by atoms with Crippen molar-refractivity contribution in [2.75, 3.05) is 27.2 Å². The van der Waals surface area contributed by atoms with E-state index in [1.807, 2.05) is 25.3 Å². The van der Waals surface area contributed by atoms with Crippen LogP contribution in [-0.2, 0) is 6.54 Å². The van der Waals surface area contributed by atoms with Crippen LogP contribution in [0.3, 0.4) is 0 Å². The zero-order valence-corrected chi connectivity index (χ0v) is 15.2. The highest BCUT2D eigenvalue weighted by Crippen LogP contribution is 2.29. The number of phenolic OH excluding ortho intramolecular Hbond substituents is 1. The zero-order valence-electron chi connectivity index (χ0n) is 15.2. The van der Waals surface area contributed by atoms with Gasteiger partial charge in [-0.05, 0) is 32.3 Å². The number of para-hydroxylation sites is 1. The highest BCUT2D eigenvalue weighted by molar-refractivity contribution is 5.79. The van der Waals surface area contributed by atoms with Crippen molar-refractivity contribution in [3.8, 4) is 11.5 Å². The van der Waals surface area contributed by atoms with Gasteiger partial charge in [-0.1, -0.05) is 24.6 Å². The number of hydrogen-bond donors (Lipinski definition) is 2. The molecule has 5 heteroatoms. The van der Waals surface area contributed by atoms with Gasteiger partial charge in [-0.3, -0.25) is 0 Å². The summed E-state index contributed by atoms with van der Waals surface area (Å²) in [5.74, 6) is 1.48. The Balaban J connectivity index is 2.66. The molecule has 0 aliphatic heterocycles. The summed E-state index contributed by atoms with van der Waals surface area (Å²) < 4.78 is 5.14. The van der Waals surface area contributed by atoms with Gasteiger partial charge in [-0.15, -0.1) is 6.58 Å². The van der Waals surface area contributed by atoms with Crippen molar-refractivity contribution in [2.45, 2.75) is 39.2 Å². The van der Waals surface area contributed by atoms with Crippen LogP contribution in [0.4, 0.5) is 0 Å². The molecular formula is C19H31N3O2. The third kappa shape index (κ3) is 6.52. The number of nitrogens with zero attached hydrogens (tertiary/aromatic N) is 2. The summed E-state index contributed by atoms with van der Waals surface area (Å²) in [6.07, 6.45) is 6.54. The largest absolute Gasteiger partial charge is 0.504 e. The van der Waals surface area contributed by atoms with Crippen LogP contribution in [0.15, 0.2) is 35.8 Å². The van der Waals surface area contributed by atoms with E-state index in [-0.39, 0.29) is 5.75 Å². The predicted octanol–water partition coefficient (Wildman–Crippen LogP) is 3.54. The minimum absolute atomic E-state index is 0.159. The van der Waals surface area contributed by atoms with Gasteiger partial charge in [-0.25, -0.2) is 4.99 Å². The molecule has 0 saturated heterocycles. The molecule has 0 aliphatic carbocycles. The lowest BCUT2D eigenvalue weighted by Gasteiger charge is -2.22. The van der Waals surface area contributed by atoms with Gasteiger partial charge >= 0.3 is 0 Å². The summed E-state index contributed by atoms with van der Waals surface area (Å²) in [7, 11) is 3.59. The molecule has 0 heterocycles. The van der Waals surface area contributed by atoms with Gasteiger partial charge in [0.25, 0.3) is 0 Å². The van der Waals surface area contributed by atoms with E-state index < -0.39 is 0 Å². The van der Waals surface area contributed by atoms with Crippen molar-refractivity contribution >= 4 is 5.96 Å². The minimum atomic E-state index is 0.159. The lowest BCUT2D eigenvalue weighted by Crippen LogP contribution is -2.39. The average Bonchev–Trinajstić information content (AvgIpc) is 2.59. The Hall–Kier alpha value is -2.17. The lowest BCUT2D eigenvalue weighted by atomic mass is 10.2. The summed E-state index contributed by atoms with van der Waals surface area (Å²) >= 11 is 0. The van der Waals surface area contributed by atoms with Gasteiger partial charge in [-0.2, -0.15) is 0 Å². The summed E-state index contributed by atoms with van der Waals surface area (Å²) in [5.41, 5.74) is 0.754. The van der Waals surface area contributed by atoms with Gasteiger partial charge < -0.3 is 20.1 Å². The number of unbranched alkanes of at least 4 members (excludes halogenated alkanes) is 3. The first-order valence-corrected chi connectivity index (χ1v) is 8.59. The van der Waals surface area contributed by atoms with Crippen LogP contribution in [0.1, 0.15) is 38.2 Å². The molecule has 134 valence electrons. The number of phenols is 1. The molecule has 0 bridgehead atoms. The highest BCUT2D eigenvalue weighted by Gasteiger charge is 2.09. The Kier molecular flexibility index (Phi) is 9.42. The van der Waals surface area contributed by atoms with Gasteiger partial charge in [0.05, 0.1) is 13.7 Å². The standard InChI is InChI=1S/C19H31N3O2/c1-5-7-8-9-10-14-22(3)19(20-6-2)21-15-16-12-11-13-17(24-4)18(16)23/h5,11-13,23H,1,6-10,14-15H2,2-4H3,(H,20,21). The number of benzene rings is 1. The lowest BCUT2D eigenvalue weighted by molar-refractivity contribution is 0.370. The van der Waals surface area contributed by atoms with Crippen molar-refractivity contribution in [2.24, 2.45) is 4.99 Å². The first kappa shape index (κ1) is 19.9. The smallest absolute Gasteiger partial charge is 0.193 e. The van der Waals surface area contributed by atoms with Crippen LogP contribution in [0.5, 0.6) is 11.5 Å². The molecule has 0 atom stereocenters. The third-order valence-corrected chi connectivity index (χ3v) is 3.80. The molecule has 1 aromatic rings. The molecule has 24 heavy (non-hydrogen) atoms. The molecule has 0 unspecified atom stereocenters. The molecule has 1 rings (SSSR count). The first-order valence-electron chi connectivity index (χ1n) is 8.59. The van der Waals surface area contributed by atoms with Crippen LogP contribution < -0.4 is 10.1 Å². The maximum absolute atomic E-state index is 10.2. The number of aliphatic imine (C=N–C) groups is 1. The number of guanidine groups is 1. The monoisotopic (exact) mass is 333 g/mol. The highest BCUT2D eigenvalue weighted by atomic mass is 16.5. The molecule has 0 amide bonds. The SMILES string of the molecule is C=CCCCCCN(C)C(=NCc1cccc(OC)c1O)NCC. The maximum Gasteiger partial charge on any atom is 0.193 e. The average molecular weight is 333 g/mol. The topological polar surface area (TPSA) is 57.1 Å².